The highest BCUT2D eigenvalue weighted by Crippen LogP contribution is 2.38. The Bertz CT molecular complexity index is 1030. The van der Waals surface area contributed by atoms with Crippen LogP contribution in [0.1, 0.15) is 11.3 Å². The van der Waals surface area contributed by atoms with E-state index in [1.165, 1.54) is 11.5 Å². The lowest BCUT2D eigenvalue weighted by atomic mass is 10.1. The van der Waals surface area contributed by atoms with E-state index >= 15 is 0 Å². The predicted octanol–water partition coefficient (Wildman–Crippen LogP) is 4.02. The van der Waals surface area contributed by atoms with Gasteiger partial charge in [-0.2, -0.15) is 8.78 Å². The Hall–Kier alpha value is -2.76. The van der Waals surface area contributed by atoms with Gasteiger partial charge in [-0.1, -0.05) is 18.2 Å². The van der Waals surface area contributed by atoms with Crippen LogP contribution in [0, 0.1) is 0 Å². The lowest BCUT2D eigenvalue weighted by Gasteiger charge is -2.15. The maximum Gasteiger partial charge on any atom is 0.387 e. The molecule has 0 aliphatic carbocycles. The zero-order chi connectivity index (χ0) is 20.9. The molecule has 0 atom stereocenters. The number of ether oxygens (including phenoxy) is 3. The molecule has 0 amide bonds. The number of aromatic amines is 1. The molecule has 1 aromatic heterocycles. The summed E-state index contributed by atoms with van der Waals surface area (Å²) in [6, 6.07) is 13.3. The fourth-order valence-corrected chi connectivity index (χ4v) is 3.29. The predicted molar refractivity (Wildman–Crippen MR) is 125 cm³/mol. The van der Waals surface area contributed by atoms with Crippen LogP contribution in [0.2, 0.25) is 0 Å². The average molecular weight is 544 g/mol. The number of nitrogens with zero attached hydrogens (tertiary/aromatic N) is 1. The van der Waals surface area contributed by atoms with E-state index in [2.05, 4.69) is 37.5 Å². The summed E-state index contributed by atoms with van der Waals surface area (Å²) in [5.41, 5.74) is 2.73. The van der Waals surface area contributed by atoms with Crippen LogP contribution in [-0.4, -0.2) is 37.9 Å². The van der Waals surface area contributed by atoms with Crippen molar-refractivity contribution in [2.75, 3.05) is 20.4 Å². The molecule has 0 saturated heterocycles. The third kappa shape index (κ3) is 5.69. The van der Waals surface area contributed by atoms with Crippen molar-refractivity contribution in [3.63, 3.8) is 0 Å². The molecular formula is C21H23F2IN4O3. The Morgan fingerprint density at radius 2 is 1.94 bits per heavy atom. The van der Waals surface area contributed by atoms with Crippen molar-refractivity contribution >= 4 is 40.8 Å². The Morgan fingerprint density at radius 1 is 1.16 bits per heavy atom. The summed E-state index contributed by atoms with van der Waals surface area (Å²) in [5.74, 6) is 1.47. The first-order valence-electron chi connectivity index (χ1n) is 9.51. The molecule has 166 valence electrons. The van der Waals surface area contributed by atoms with Crippen molar-refractivity contribution in [3.8, 4) is 17.2 Å². The SMILES string of the molecule is CN=C(NCCc1cc2ccccc2[nH]1)NCc1cc2c(cc1OC(F)F)OCO2.I. The molecule has 0 radical (unpaired) electrons. The van der Waals surface area contributed by atoms with Gasteiger partial charge in [0.15, 0.2) is 17.5 Å². The highest BCUT2D eigenvalue weighted by Gasteiger charge is 2.20. The molecule has 0 saturated carbocycles. The van der Waals surface area contributed by atoms with E-state index in [1.54, 1.807) is 13.1 Å². The van der Waals surface area contributed by atoms with E-state index < -0.39 is 6.61 Å². The summed E-state index contributed by atoms with van der Waals surface area (Å²) in [5, 5.41) is 7.50. The fourth-order valence-electron chi connectivity index (χ4n) is 3.29. The van der Waals surface area contributed by atoms with Crippen LogP contribution in [-0.2, 0) is 13.0 Å². The van der Waals surface area contributed by atoms with E-state index in [0.717, 1.165) is 17.6 Å². The summed E-state index contributed by atoms with van der Waals surface area (Å²) in [4.78, 5) is 7.56. The lowest BCUT2D eigenvalue weighted by molar-refractivity contribution is -0.0505. The molecule has 3 aromatic rings. The number of benzene rings is 2. The molecule has 0 fully saturated rings. The molecule has 0 spiro atoms. The van der Waals surface area contributed by atoms with E-state index in [-0.39, 0.29) is 43.1 Å². The normalized spacial score (nSPS) is 12.7. The topological polar surface area (TPSA) is 79.9 Å². The van der Waals surface area contributed by atoms with Crippen LogP contribution in [0.5, 0.6) is 17.2 Å². The van der Waals surface area contributed by atoms with Crippen molar-refractivity contribution in [1.29, 1.82) is 0 Å². The second kappa shape index (κ2) is 10.5. The molecule has 7 nitrogen and oxygen atoms in total. The number of hydrogen-bond donors (Lipinski definition) is 3. The van der Waals surface area contributed by atoms with Crippen molar-refractivity contribution in [1.82, 2.24) is 15.6 Å². The number of hydrogen-bond acceptors (Lipinski definition) is 4. The molecule has 0 unspecified atom stereocenters. The summed E-state index contributed by atoms with van der Waals surface area (Å²) in [7, 11) is 1.65. The summed E-state index contributed by atoms with van der Waals surface area (Å²) >= 11 is 0. The molecule has 3 N–H and O–H groups in total. The van der Waals surface area contributed by atoms with Crippen molar-refractivity contribution in [2.24, 2.45) is 4.99 Å². The van der Waals surface area contributed by atoms with Crippen molar-refractivity contribution in [3.05, 3.63) is 53.7 Å². The van der Waals surface area contributed by atoms with Gasteiger partial charge in [-0.25, -0.2) is 0 Å². The largest absolute Gasteiger partial charge is 0.454 e. The minimum Gasteiger partial charge on any atom is -0.454 e. The highest BCUT2D eigenvalue weighted by molar-refractivity contribution is 14.0. The van der Waals surface area contributed by atoms with Crippen molar-refractivity contribution in [2.45, 2.75) is 19.6 Å². The summed E-state index contributed by atoms with van der Waals surface area (Å²) in [6.07, 6.45) is 0.777. The van der Waals surface area contributed by atoms with Crippen LogP contribution in [0.3, 0.4) is 0 Å². The van der Waals surface area contributed by atoms with Gasteiger partial charge in [0.1, 0.15) is 5.75 Å². The third-order valence-corrected chi connectivity index (χ3v) is 4.71. The molecule has 1 aliphatic heterocycles. The summed E-state index contributed by atoms with van der Waals surface area (Å²) < 4.78 is 40.7. The monoisotopic (exact) mass is 544 g/mol. The zero-order valence-corrected chi connectivity index (χ0v) is 19.1. The van der Waals surface area contributed by atoms with Gasteiger partial charge in [0.05, 0.1) is 0 Å². The molecule has 31 heavy (non-hydrogen) atoms. The van der Waals surface area contributed by atoms with Gasteiger partial charge in [-0.3, -0.25) is 4.99 Å². The zero-order valence-electron chi connectivity index (χ0n) is 16.8. The fraction of sp³-hybridized carbons (Fsp3) is 0.286. The molecule has 4 rings (SSSR count). The molecule has 1 aliphatic rings. The number of rotatable bonds is 7. The third-order valence-electron chi connectivity index (χ3n) is 4.71. The number of halogens is 3. The van der Waals surface area contributed by atoms with E-state index in [0.29, 0.717) is 29.6 Å². The van der Waals surface area contributed by atoms with Crippen LogP contribution in [0.15, 0.2) is 47.5 Å². The molecule has 10 heteroatoms. The Kier molecular flexibility index (Phi) is 7.77. The van der Waals surface area contributed by atoms with E-state index in [4.69, 9.17) is 9.47 Å². The molecule has 2 aromatic carbocycles. The quantitative estimate of drug-likeness (QED) is 0.238. The van der Waals surface area contributed by atoms with Crippen LogP contribution in [0.4, 0.5) is 8.78 Å². The maximum absolute atomic E-state index is 12.8. The average Bonchev–Trinajstić information content (AvgIpc) is 3.35. The molecular weight excluding hydrogens is 521 g/mol. The second-order valence-electron chi connectivity index (χ2n) is 6.68. The first-order valence-corrected chi connectivity index (χ1v) is 9.51. The number of guanidine groups is 1. The maximum atomic E-state index is 12.8. The van der Waals surface area contributed by atoms with Gasteiger partial charge in [-0.15, -0.1) is 24.0 Å². The van der Waals surface area contributed by atoms with Gasteiger partial charge in [0.25, 0.3) is 0 Å². The molecule has 0 bridgehead atoms. The van der Waals surface area contributed by atoms with Crippen LogP contribution >= 0.6 is 24.0 Å². The minimum absolute atomic E-state index is 0. The Labute approximate surface area is 195 Å². The first-order chi connectivity index (χ1) is 14.6. The number of nitrogens with one attached hydrogen (secondary N) is 3. The van der Waals surface area contributed by atoms with Gasteiger partial charge in [0, 0.05) is 49.4 Å². The number of aliphatic imine (C=N–C) groups is 1. The standard InChI is InChI=1S/C21H22F2N4O3.HI/c1-24-21(25-7-6-15-8-13-4-2-3-5-16(13)27-15)26-11-14-9-18-19(29-12-28-18)10-17(14)30-20(22)23;/h2-5,8-10,20,27H,6-7,11-12H2,1H3,(H2,24,25,26);1H. The number of alkyl halides is 2. The Balaban J connectivity index is 0.00000272. The number of fused-ring (bicyclic) bond motifs is 2. The smallest absolute Gasteiger partial charge is 0.387 e. The number of aromatic nitrogens is 1. The minimum atomic E-state index is -2.93. The second-order valence-corrected chi connectivity index (χ2v) is 6.68. The molecule has 2 heterocycles. The van der Waals surface area contributed by atoms with Crippen molar-refractivity contribution < 1.29 is 23.0 Å². The Morgan fingerprint density at radius 3 is 2.68 bits per heavy atom. The van der Waals surface area contributed by atoms with E-state index in [1.807, 2.05) is 18.2 Å². The first kappa shape index (κ1) is 22.9. The number of H-pyrrole nitrogens is 1. The van der Waals surface area contributed by atoms with Gasteiger partial charge >= 0.3 is 6.61 Å². The highest BCUT2D eigenvalue weighted by atomic mass is 127. The van der Waals surface area contributed by atoms with Crippen LogP contribution < -0.4 is 24.8 Å². The van der Waals surface area contributed by atoms with Crippen LogP contribution in [0.25, 0.3) is 10.9 Å². The van der Waals surface area contributed by atoms with Gasteiger partial charge < -0.3 is 29.8 Å². The number of para-hydroxylation sites is 1. The van der Waals surface area contributed by atoms with E-state index in [9.17, 15) is 8.78 Å². The summed E-state index contributed by atoms with van der Waals surface area (Å²) in [6.45, 7) is -2.01. The van der Waals surface area contributed by atoms with Gasteiger partial charge in [0.2, 0.25) is 6.79 Å². The van der Waals surface area contributed by atoms with Gasteiger partial charge in [-0.05, 0) is 23.6 Å². The lowest BCUT2D eigenvalue weighted by Crippen LogP contribution is -2.38.